The van der Waals surface area contributed by atoms with Crippen molar-refractivity contribution >= 4 is 11.8 Å². The third-order valence-electron chi connectivity index (χ3n) is 6.09. The number of likely N-dealkylation sites (tertiary alicyclic amines) is 1. The topological polar surface area (TPSA) is 105 Å². The van der Waals surface area contributed by atoms with Gasteiger partial charge in [0.05, 0.1) is 17.3 Å². The Hall–Kier alpha value is -2.71. The maximum absolute atomic E-state index is 12.7. The van der Waals surface area contributed by atoms with Crippen LogP contribution >= 0.6 is 0 Å². The highest BCUT2D eigenvalue weighted by molar-refractivity contribution is 5.94. The third-order valence-corrected chi connectivity index (χ3v) is 6.09. The van der Waals surface area contributed by atoms with Crippen molar-refractivity contribution in [2.75, 3.05) is 19.7 Å². The fraction of sp³-hybridized carbons (Fsp3) is 0.476. The second-order valence-electron chi connectivity index (χ2n) is 7.96. The Morgan fingerprint density at radius 1 is 1.21 bits per heavy atom. The fourth-order valence-corrected chi connectivity index (χ4v) is 4.30. The number of rotatable bonds is 3. The highest BCUT2D eigenvalue weighted by atomic mass is 16.5. The Labute approximate surface area is 168 Å². The first-order valence-corrected chi connectivity index (χ1v) is 9.81. The summed E-state index contributed by atoms with van der Waals surface area (Å²) in [4.78, 5) is 30.6. The molecule has 2 saturated heterocycles. The van der Waals surface area contributed by atoms with Gasteiger partial charge in [-0.1, -0.05) is 18.2 Å². The number of ether oxygens (including phenoxy) is 1. The Balaban J connectivity index is 1.45. The molecule has 154 valence electrons. The van der Waals surface area contributed by atoms with Crippen molar-refractivity contribution in [1.82, 2.24) is 15.2 Å². The van der Waals surface area contributed by atoms with E-state index in [1.54, 1.807) is 29.2 Å². The van der Waals surface area contributed by atoms with Gasteiger partial charge >= 0.3 is 0 Å². The third kappa shape index (κ3) is 3.65. The molecule has 0 unspecified atom stereocenters. The monoisotopic (exact) mass is 399 g/mol. The number of hydrogen-bond acceptors (Lipinski definition) is 6. The number of aliphatic hydroxyl groups is 1. The minimum atomic E-state index is -0.890. The predicted molar refractivity (Wildman–Crippen MR) is 103 cm³/mol. The van der Waals surface area contributed by atoms with Crippen LogP contribution in [-0.4, -0.2) is 63.7 Å². The molecule has 0 saturated carbocycles. The summed E-state index contributed by atoms with van der Waals surface area (Å²) >= 11 is 0. The zero-order valence-electron chi connectivity index (χ0n) is 16.3. The summed E-state index contributed by atoms with van der Waals surface area (Å²) in [5.41, 5.74) is -1.06. The molecule has 29 heavy (non-hydrogen) atoms. The molecule has 4 rings (SSSR count). The zero-order valence-corrected chi connectivity index (χ0v) is 16.3. The summed E-state index contributed by atoms with van der Waals surface area (Å²) in [7, 11) is 0. The van der Waals surface area contributed by atoms with E-state index in [4.69, 9.17) is 9.15 Å². The van der Waals surface area contributed by atoms with Crippen molar-refractivity contribution in [3.05, 3.63) is 54.2 Å². The van der Waals surface area contributed by atoms with Crippen molar-refractivity contribution in [2.24, 2.45) is 0 Å². The van der Waals surface area contributed by atoms with Gasteiger partial charge in [-0.15, -0.1) is 0 Å². The van der Waals surface area contributed by atoms with Gasteiger partial charge in [0.2, 0.25) is 5.76 Å². The first-order valence-electron chi connectivity index (χ1n) is 9.81. The lowest BCUT2D eigenvalue weighted by Gasteiger charge is -2.53. The molecule has 2 amide bonds. The largest absolute Gasteiger partial charge is 0.438 e. The van der Waals surface area contributed by atoms with E-state index in [1.807, 2.05) is 13.0 Å². The molecule has 2 atom stereocenters. The van der Waals surface area contributed by atoms with E-state index >= 15 is 0 Å². The van der Waals surface area contributed by atoms with Crippen LogP contribution in [0.1, 0.15) is 47.1 Å². The first kappa shape index (κ1) is 19.6. The number of hydrogen-bond donors (Lipinski definition) is 2. The van der Waals surface area contributed by atoms with Crippen LogP contribution in [0, 0.1) is 0 Å². The Kier molecular flexibility index (Phi) is 5.14. The average molecular weight is 399 g/mol. The molecule has 1 aromatic heterocycles. The normalized spacial score (nSPS) is 26.3. The Morgan fingerprint density at radius 3 is 2.59 bits per heavy atom. The van der Waals surface area contributed by atoms with E-state index in [0.717, 1.165) is 0 Å². The summed E-state index contributed by atoms with van der Waals surface area (Å²) < 4.78 is 11.1. The lowest BCUT2D eigenvalue weighted by molar-refractivity contribution is -0.203. The Bertz CT molecular complexity index is 862. The summed E-state index contributed by atoms with van der Waals surface area (Å²) in [6.07, 6.45) is 3.20. The van der Waals surface area contributed by atoms with Gasteiger partial charge in [0.15, 0.2) is 6.39 Å². The van der Waals surface area contributed by atoms with Gasteiger partial charge in [-0.05, 0) is 38.3 Å². The van der Waals surface area contributed by atoms with E-state index in [9.17, 15) is 14.7 Å². The zero-order chi connectivity index (χ0) is 20.5. The lowest BCUT2D eigenvalue weighted by atomic mass is 9.73. The predicted octanol–water partition coefficient (Wildman–Crippen LogP) is 1.62. The summed E-state index contributed by atoms with van der Waals surface area (Å²) in [5, 5.41) is 14.3. The molecule has 2 aliphatic heterocycles. The number of piperidine rings is 1. The molecule has 3 heterocycles. The van der Waals surface area contributed by atoms with Crippen LogP contribution in [0.4, 0.5) is 0 Å². The number of amides is 2. The van der Waals surface area contributed by atoms with E-state index in [1.165, 1.54) is 12.6 Å². The maximum atomic E-state index is 12.7. The molecule has 1 aromatic carbocycles. The summed E-state index contributed by atoms with van der Waals surface area (Å²) in [6.45, 7) is 3.14. The van der Waals surface area contributed by atoms with E-state index < -0.39 is 17.2 Å². The number of aromatic nitrogens is 1. The van der Waals surface area contributed by atoms with Crippen LogP contribution in [0.5, 0.6) is 0 Å². The molecule has 2 N–H and O–H groups in total. The standard InChI is InChI=1S/C21H25N3O5/c1-20(23-17(25)15-5-3-2-4-6-15)9-12-29-21(19(20)27)7-10-24(11-8-21)18(26)16-13-22-14-28-16/h2-6,13-14,19,27H,7-12H2,1H3,(H,23,25)/t19-,20+/m1/s1. The van der Waals surface area contributed by atoms with Crippen molar-refractivity contribution < 1.29 is 23.8 Å². The van der Waals surface area contributed by atoms with Gasteiger partial charge in [-0.2, -0.15) is 0 Å². The van der Waals surface area contributed by atoms with Crippen LogP contribution in [0.3, 0.4) is 0 Å². The number of nitrogens with zero attached hydrogens (tertiary/aromatic N) is 2. The second kappa shape index (κ2) is 7.61. The van der Waals surface area contributed by atoms with Crippen LogP contribution in [0.25, 0.3) is 0 Å². The van der Waals surface area contributed by atoms with Gasteiger partial charge in [0, 0.05) is 25.3 Å². The second-order valence-corrected chi connectivity index (χ2v) is 7.96. The molecule has 1 spiro atoms. The fourth-order valence-electron chi connectivity index (χ4n) is 4.30. The smallest absolute Gasteiger partial charge is 0.291 e. The maximum Gasteiger partial charge on any atom is 0.291 e. The quantitative estimate of drug-likeness (QED) is 0.813. The molecule has 8 heteroatoms. The summed E-state index contributed by atoms with van der Waals surface area (Å²) in [5.74, 6) is -0.240. The van der Waals surface area contributed by atoms with Gasteiger partial charge in [0.1, 0.15) is 6.10 Å². The summed E-state index contributed by atoms with van der Waals surface area (Å²) in [6, 6.07) is 8.95. The van der Waals surface area contributed by atoms with Crippen LogP contribution in [0.2, 0.25) is 0 Å². The number of aliphatic hydroxyl groups excluding tert-OH is 1. The SMILES string of the molecule is C[C@]1(NC(=O)c2ccccc2)CCOC2(CCN(C(=O)c3cnco3)CC2)[C@@H]1O. The van der Waals surface area contributed by atoms with E-state index in [2.05, 4.69) is 10.3 Å². The molecular formula is C21H25N3O5. The molecule has 0 aliphatic carbocycles. The Morgan fingerprint density at radius 2 is 1.93 bits per heavy atom. The lowest BCUT2D eigenvalue weighted by Crippen LogP contribution is -2.69. The van der Waals surface area contributed by atoms with E-state index in [-0.39, 0.29) is 17.6 Å². The molecule has 0 radical (unpaired) electrons. The number of nitrogens with one attached hydrogen (secondary N) is 1. The van der Waals surface area contributed by atoms with Crippen LogP contribution < -0.4 is 5.32 Å². The van der Waals surface area contributed by atoms with Gasteiger partial charge in [-0.25, -0.2) is 4.98 Å². The molecule has 8 nitrogen and oxygen atoms in total. The minimum Gasteiger partial charge on any atom is -0.438 e. The van der Waals surface area contributed by atoms with Crippen molar-refractivity contribution in [3.63, 3.8) is 0 Å². The first-order chi connectivity index (χ1) is 13.9. The molecule has 2 fully saturated rings. The van der Waals surface area contributed by atoms with Gasteiger partial charge in [0.25, 0.3) is 11.8 Å². The number of benzene rings is 1. The molecule has 2 aromatic rings. The van der Waals surface area contributed by atoms with Gasteiger partial charge in [-0.3, -0.25) is 9.59 Å². The van der Waals surface area contributed by atoms with Crippen LogP contribution in [-0.2, 0) is 4.74 Å². The molecular weight excluding hydrogens is 374 g/mol. The number of oxazole rings is 1. The minimum absolute atomic E-state index is 0.200. The van der Waals surface area contributed by atoms with Gasteiger partial charge < -0.3 is 24.5 Å². The number of carbonyl (C=O) groups excluding carboxylic acids is 2. The highest BCUT2D eigenvalue weighted by Gasteiger charge is 2.54. The molecule has 0 bridgehead atoms. The molecule has 2 aliphatic rings. The van der Waals surface area contributed by atoms with Crippen molar-refractivity contribution in [2.45, 2.75) is 43.4 Å². The van der Waals surface area contributed by atoms with Crippen molar-refractivity contribution in [1.29, 1.82) is 0 Å². The van der Waals surface area contributed by atoms with Crippen molar-refractivity contribution in [3.8, 4) is 0 Å². The van der Waals surface area contributed by atoms with E-state index in [0.29, 0.717) is 44.5 Å². The average Bonchev–Trinajstić information content (AvgIpc) is 3.28. The number of carbonyl (C=O) groups is 2. The van der Waals surface area contributed by atoms with Crippen LogP contribution in [0.15, 0.2) is 47.3 Å². The highest BCUT2D eigenvalue weighted by Crippen LogP contribution is 2.40.